The van der Waals surface area contributed by atoms with Crippen LogP contribution in [0.15, 0.2) is 23.0 Å². The summed E-state index contributed by atoms with van der Waals surface area (Å²) in [5.74, 6) is -0.306. The number of aromatic amines is 1. The van der Waals surface area contributed by atoms with Crippen molar-refractivity contribution in [1.82, 2.24) is 9.55 Å². The van der Waals surface area contributed by atoms with Gasteiger partial charge in [0.05, 0.1) is 10.9 Å². The molecule has 0 bridgehead atoms. The number of carbonyl (C=O) groups excluding carboxylic acids is 1. The van der Waals surface area contributed by atoms with Gasteiger partial charge in [0.15, 0.2) is 4.77 Å². The van der Waals surface area contributed by atoms with Crippen molar-refractivity contribution in [3.63, 3.8) is 0 Å². The minimum atomic E-state index is -0.666. The van der Waals surface area contributed by atoms with E-state index in [9.17, 15) is 9.59 Å². The molecule has 0 spiro atoms. The molecular weight excluding hydrogens is 375 g/mol. The van der Waals surface area contributed by atoms with E-state index in [0.717, 1.165) is 8.14 Å². The third kappa shape index (κ3) is 2.64. The molecule has 1 aromatic carbocycles. The van der Waals surface area contributed by atoms with Crippen LogP contribution in [0.3, 0.4) is 0 Å². The van der Waals surface area contributed by atoms with Crippen LogP contribution >= 0.6 is 34.8 Å². The Morgan fingerprint density at radius 3 is 2.58 bits per heavy atom. The second-order valence-electron chi connectivity index (χ2n) is 5.32. The van der Waals surface area contributed by atoms with Gasteiger partial charge in [-0.1, -0.05) is 20.8 Å². The van der Waals surface area contributed by atoms with Crippen LogP contribution in [-0.2, 0) is 0 Å². The minimum Gasteiger partial charge on any atom is -0.331 e. The number of H-pyrrole nitrogens is 1. The zero-order valence-electron chi connectivity index (χ0n) is 10.8. The summed E-state index contributed by atoms with van der Waals surface area (Å²) in [6, 6.07) is 5.42. The van der Waals surface area contributed by atoms with E-state index in [0.29, 0.717) is 10.9 Å². The molecule has 0 atom stereocenters. The summed E-state index contributed by atoms with van der Waals surface area (Å²) in [7, 11) is 0. The molecule has 0 unspecified atom stereocenters. The molecule has 1 heterocycles. The summed E-state index contributed by atoms with van der Waals surface area (Å²) in [5, 5.41) is 0.470. The van der Waals surface area contributed by atoms with Gasteiger partial charge >= 0.3 is 0 Å². The Bertz CT molecular complexity index is 784. The van der Waals surface area contributed by atoms with Crippen LogP contribution in [0.5, 0.6) is 0 Å². The number of nitrogens with one attached hydrogen (secondary N) is 1. The van der Waals surface area contributed by atoms with E-state index in [1.165, 1.54) is 0 Å². The highest BCUT2D eigenvalue weighted by atomic mass is 127. The molecule has 100 valence electrons. The number of carbonyl (C=O) groups is 1. The van der Waals surface area contributed by atoms with E-state index < -0.39 is 5.41 Å². The van der Waals surface area contributed by atoms with Gasteiger partial charge in [-0.15, -0.1) is 0 Å². The Morgan fingerprint density at radius 2 is 2.00 bits per heavy atom. The van der Waals surface area contributed by atoms with Gasteiger partial charge in [0, 0.05) is 8.99 Å². The third-order valence-corrected chi connectivity index (χ3v) is 3.66. The number of benzene rings is 1. The molecule has 2 aromatic rings. The smallest absolute Gasteiger partial charge is 0.269 e. The van der Waals surface area contributed by atoms with E-state index in [1.807, 2.05) is 6.07 Å². The fourth-order valence-corrected chi connectivity index (χ4v) is 2.47. The van der Waals surface area contributed by atoms with Gasteiger partial charge < -0.3 is 4.98 Å². The lowest BCUT2D eigenvalue weighted by molar-refractivity contribution is 0.0759. The topological polar surface area (TPSA) is 54.9 Å². The number of halogens is 1. The van der Waals surface area contributed by atoms with Crippen molar-refractivity contribution in [3.05, 3.63) is 36.9 Å². The van der Waals surface area contributed by atoms with Crippen LogP contribution in [0.25, 0.3) is 10.9 Å². The summed E-state index contributed by atoms with van der Waals surface area (Å²) in [6.07, 6.45) is 0. The molecule has 0 aliphatic heterocycles. The second-order valence-corrected chi connectivity index (χ2v) is 6.95. The van der Waals surface area contributed by atoms with Crippen LogP contribution < -0.4 is 5.56 Å². The molecule has 0 amide bonds. The highest BCUT2D eigenvalue weighted by Crippen LogP contribution is 2.17. The summed E-state index contributed by atoms with van der Waals surface area (Å²) in [4.78, 5) is 27.7. The lowest BCUT2D eigenvalue weighted by atomic mass is 9.95. The van der Waals surface area contributed by atoms with E-state index in [2.05, 4.69) is 27.6 Å². The maximum absolute atomic E-state index is 12.4. The average molecular weight is 388 g/mol. The minimum absolute atomic E-state index is 0.138. The Labute approximate surface area is 129 Å². The van der Waals surface area contributed by atoms with Crippen molar-refractivity contribution in [2.24, 2.45) is 5.41 Å². The van der Waals surface area contributed by atoms with Gasteiger partial charge in [-0.3, -0.25) is 9.59 Å². The largest absolute Gasteiger partial charge is 0.331 e. The van der Waals surface area contributed by atoms with Gasteiger partial charge in [0.2, 0.25) is 5.91 Å². The summed E-state index contributed by atoms with van der Waals surface area (Å²) in [6.45, 7) is 5.28. The number of fused-ring (bicyclic) bond motifs is 1. The summed E-state index contributed by atoms with van der Waals surface area (Å²) >= 11 is 7.26. The lowest BCUT2D eigenvalue weighted by Crippen LogP contribution is -2.36. The van der Waals surface area contributed by atoms with E-state index in [-0.39, 0.29) is 16.2 Å². The maximum Gasteiger partial charge on any atom is 0.269 e. The highest BCUT2D eigenvalue weighted by molar-refractivity contribution is 14.1. The molecule has 2 rings (SSSR count). The number of hydrogen-bond acceptors (Lipinski definition) is 3. The van der Waals surface area contributed by atoms with Crippen molar-refractivity contribution in [2.75, 3.05) is 0 Å². The SMILES string of the molecule is CC(C)(C)C(=O)n1c(=S)[nH]c2ccc(I)cc2c1=O. The molecule has 0 saturated carbocycles. The maximum atomic E-state index is 12.4. The highest BCUT2D eigenvalue weighted by Gasteiger charge is 2.25. The van der Waals surface area contributed by atoms with Gasteiger partial charge in [0.1, 0.15) is 0 Å². The number of hydrogen-bond donors (Lipinski definition) is 1. The number of aromatic nitrogens is 2. The zero-order valence-corrected chi connectivity index (χ0v) is 13.8. The van der Waals surface area contributed by atoms with E-state index in [4.69, 9.17) is 12.2 Å². The van der Waals surface area contributed by atoms with E-state index in [1.54, 1.807) is 32.9 Å². The fourth-order valence-electron chi connectivity index (χ4n) is 1.71. The standard InChI is InChI=1S/C13H13IN2O2S/c1-13(2,3)11(18)16-10(17)8-6-7(14)4-5-9(8)15-12(16)19/h4-6H,1-3H3,(H,15,19). The molecular formula is C13H13IN2O2S. The first-order valence-electron chi connectivity index (χ1n) is 5.71. The van der Waals surface area contributed by atoms with Crippen molar-refractivity contribution >= 4 is 51.6 Å². The van der Waals surface area contributed by atoms with Gasteiger partial charge in [-0.2, -0.15) is 0 Å². The monoisotopic (exact) mass is 388 g/mol. The zero-order chi connectivity index (χ0) is 14.4. The number of rotatable bonds is 0. The summed E-state index contributed by atoms with van der Waals surface area (Å²) in [5.41, 5.74) is -0.383. The first-order valence-corrected chi connectivity index (χ1v) is 7.20. The normalized spacial score (nSPS) is 11.8. The quantitative estimate of drug-likeness (QED) is 0.556. The van der Waals surface area contributed by atoms with Gasteiger partial charge in [-0.25, -0.2) is 4.57 Å². The van der Waals surface area contributed by atoms with Crippen LogP contribution in [-0.4, -0.2) is 15.5 Å². The van der Waals surface area contributed by atoms with Crippen LogP contribution in [0, 0.1) is 13.8 Å². The molecule has 0 radical (unpaired) electrons. The average Bonchev–Trinajstić information content (AvgIpc) is 2.29. The van der Waals surface area contributed by atoms with Crippen LogP contribution in [0.1, 0.15) is 25.6 Å². The van der Waals surface area contributed by atoms with Crippen molar-refractivity contribution < 1.29 is 4.79 Å². The van der Waals surface area contributed by atoms with Crippen molar-refractivity contribution in [2.45, 2.75) is 20.8 Å². The third-order valence-electron chi connectivity index (χ3n) is 2.70. The molecule has 0 fully saturated rings. The van der Waals surface area contributed by atoms with Gasteiger partial charge in [0.25, 0.3) is 5.56 Å². The Balaban J connectivity index is 2.87. The molecule has 6 heteroatoms. The van der Waals surface area contributed by atoms with Crippen LogP contribution in [0.4, 0.5) is 0 Å². The van der Waals surface area contributed by atoms with Crippen molar-refractivity contribution in [1.29, 1.82) is 0 Å². The first-order chi connectivity index (χ1) is 8.71. The van der Waals surface area contributed by atoms with Gasteiger partial charge in [-0.05, 0) is 53.0 Å². The Hall–Kier alpha value is -1.02. The number of nitrogens with zero attached hydrogens (tertiary/aromatic N) is 1. The van der Waals surface area contributed by atoms with Crippen LogP contribution in [0.2, 0.25) is 0 Å². The molecule has 0 aliphatic carbocycles. The van der Waals surface area contributed by atoms with Crippen molar-refractivity contribution in [3.8, 4) is 0 Å². The fraction of sp³-hybridized carbons (Fsp3) is 0.308. The Morgan fingerprint density at radius 1 is 1.37 bits per heavy atom. The predicted molar refractivity (Wildman–Crippen MR) is 86.2 cm³/mol. The second kappa shape index (κ2) is 4.82. The lowest BCUT2D eigenvalue weighted by Gasteiger charge is -2.18. The molecule has 4 nitrogen and oxygen atoms in total. The predicted octanol–water partition coefficient (Wildman–Crippen LogP) is 3.35. The Kier molecular flexibility index (Phi) is 3.65. The summed E-state index contributed by atoms with van der Waals surface area (Å²) < 4.78 is 2.12. The molecule has 0 saturated heterocycles. The van der Waals surface area contributed by atoms with E-state index >= 15 is 0 Å². The molecule has 0 aliphatic rings. The molecule has 1 N–H and O–H groups in total. The first kappa shape index (κ1) is 14.4. The molecule has 19 heavy (non-hydrogen) atoms. The molecule has 1 aromatic heterocycles.